The molecule has 11 heteroatoms. The first-order chi connectivity index (χ1) is 20.8. The summed E-state index contributed by atoms with van der Waals surface area (Å²) in [5.41, 5.74) is 5.95. The molecule has 10 nitrogen and oxygen atoms in total. The molecule has 0 aliphatic heterocycles. The number of aromatic nitrogens is 1. The minimum Gasteiger partial charge on any atom is -0.488 e. The molecular formula is C32H27FN4O6. The third-order valence-corrected chi connectivity index (χ3v) is 6.55. The molecule has 0 atom stereocenters. The van der Waals surface area contributed by atoms with Crippen LogP contribution in [0.3, 0.4) is 0 Å². The predicted molar refractivity (Wildman–Crippen MR) is 157 cm³/mol. The molecule has 3 aromatic carbocycles. The van der Waals surface area contributed by atoms with Crippen LogP contribution in [0.4, 0.5) is 10.1 Å². The Morgan fingerprint density at radius 1 is 0.977 bits per heavy atom. The summed E-state index contributed by atoms with van der Waals surface area (Å²) in [7, 11) is 0. The van der Waals surface area contributed by atoms with E-state index in [1.165, 1.54) is 36.5 Å². The van der Waals surface area contributed by atoms with Crippen molar-refractivity contribution in [1.82, 2.24) is 9.99 Å². The van der Waals surface area contributed by atoms with Crippen LogP contribution in [0.25, 0.3) is 5.69 Å². The molecule has 0 saturated heterocycles. The van der Waals surface area contributed by atoms with Crippen molar-refractivity contribution in [3.63, 3.8) is 0 Å². The van der Waals surface area contributed by atoms with Crippen LogP contribution in [-0.4, -0.2) is 21.6 Å². The lowest BCUT2D eigenvalue weighted by molar-refractivity contribution is -0.384. The van der Waals surface area contributed by atoms with Crippen molar-refractivity contribution in [3.8, 4) is 17.2 Å². The van der Waals surface area contributed by atoms with Gasteiger partial charge in [0.25, 0.3) is 5.69 Å². The number of carbonyl (C=O) groups excluding carboxylic acids is 1. The molecule has 43 heavy (non-hydrogen) atoms. The molecular weight excluding hydrogens is 555 g/mol. The number of nitrogens with one attached hydrogen (secondary N) is 1. The van der Waals surface area contributed by atoms with Crippen LogP contribution in [0.2, 0.25) is 0 Å². The van der Waals surface area contributed by atoms with Crippen molar-refractivity contribution in [3.05, 3.63) is 141 Å². The van der Waals surface area contributed by atoms with Crippen LogP contribution in [0, 0.1) is 29.8 Å². The first kappa shape index (κ1) is 28.8. The van der Waals surface area contributed by atoms with Gasteiger partial charge in [-0.1, -0.05) is 18.2 Å². The van der Waals surface area contributed by atoms with E-state index in [9.17, 15) is 19.3 Å². The number of hydrogen-bond donors (Lipinski definition) is 1. The number of benzene rings is 3. The van der Waals surface area contributed by atoms with E-state index in [1.807, 2.05) is 38.1 Å². The predicted octanol–water partition coefficient (Wildman–Crippen LogP) is 6.66. The number of halogens is 1. The average molecular weight is 583 g/mol. The molecule has 218 valence electrons. The monoisotopic (exact) mass is 582 g/mol. The fourth-order valence-corrected chi connectivity index (χ4v) is 4.37. The van der Waals surface area contributed by atoms with Gasteiger partial charge in [0.05, 0.1) is 11.1 Å². The van der Waals surface area contributed by atoms with Crippen molar-refractivity contribution in [1.29, 1.82) is 0 Å². The molecule has 0 radical (unpaired) electrons. The molecule has 5 aromatic rings. The van der Waals surface area contributed by atoms with Gasteiger partial charge in [-0.3, -0.25) is 14.9 Å². The van der Waals surface area contributed by atoms with Gasteiger partial charge in [-0.15, -0.1) is 0 Å². The van der Waals surface area contributed by atoms with Gasteiger partial charge in [0.2, 0.25) is 0 Å². The van der Waals surface area contributed by atoms with E-state index in [0.29, 0.717) is 17.1 Å². The molecule has 0 saturated carbocycles. The van der Waals surface area contributed by atoms with E-state index in [4.69, 9.17) is 13.9 Å². The number of nitro groups is 1. The molecule has 1 N–H and O–H groups in total. The number of nitro benzene ring substituents is 1. The fraction of sp³-hybridized carbons (Fsp3) is 0.125. The second kappa shape index (κ2) is 12.9. The number of furan rings is 1. The number of hydrogen-bond acceptors (Lipinski definition) is 7. The topological polar surface area (TPSA) is 121 Å². The first-order valence-corrected chi connectivity index (χ1v) is 13.2. The van der Waals surface area contributed by atoms with Gasteiger partial charge in [0, 0.05) is 40.3 Å². The van der Waals surface area contributed by atoms with Crippen molar-refractivity contribution in [2.75, 3.05) is 0 Å². The standard InChI is InChI=1S/C32H27FN4O6/c1-21-7-8-22(2)36(21)25-9-12-27(13-10-25)41-20-28-14-16-31(43-28)32(38)35-34-18-24-17-26(37(39)40)11-15-30(24)42-19-23-5-3-4-6-29(23)33/h3-18H,19-20H2,1-2H3,(H,35,38)/b34-18+. The summed E-state index contributed by atoms with van der Waals surface area (Å²) in [4.78, 5) is 23.3. The Balaban J connectivity index is 1.19. The summed E-state index contributed by atoms with van der Waals surface area (Å²) in [6.45, 7) is 4.09. The van der Waals surface area contributed by atoms with Crippen LogP contribution in [0.15, 0.2) is 101 Å². The Morgan fingerprint density at radius 3 is 2.44 bits per heavy atom. The van der Waals surface area contributed by atoms with E-state index in [-0.39, 0.29) is 36.0 Å². The van der Waals surface area contributed by atoms with Crippen molar-refractivity contribution < 1.29 is 28.0 Å². The Bertz CT molecular complexity index is 1770. The molecule has 2 heterocycles. The molecule has 0 spiro atoms. The number of hydrazone groups is 1. The summed E-state index contributed by atoms with van der Waals surface area (Å²) in [6, 6.07) is 24.9. The third kappa shape index (κ3) is 6.96. The zero-order valence-electron chi connectivity index (χ0n) is 23.3. The first-order valence-electron chi connectivity index (χ1n) is 13.2. The highest BCUT2D eigenvalue weighted by molar-refractivity contribution is 5.93. The summed E-state index contributed by atoms with van der Waals surface area (Å²) in [5.74, 6) is 0.214. The van der Waals surface area contributed by atoms with Crippen molar-refractivity contribution >= 4 is 17.8 Å². The average Bonchev–Trinajstić information content (AvgIpc) is 3.62. The SMILES string of the molecule is Cc1ccc(C)n1-c1ccc(OCc2ccc(C(=O)N/N=C/c3cc([N+](=O)[O-])ccc3OCc3ccccc3F)o2)cc1. The normalized spacial score (nSPS) is 11.0. The van der Waals surface area contributed by atoms with Gasteiger partial charge < -0.3 is 18.5 Å². The van der Waals surface area contributed by atoms with Gasteiger partial charge in [-0.2, -0.15) is 5.10 Å². The highest BCUT2D eigenvalue weighted by Crippen LogP contribution is 2.25. The van der Waals surface area contributed by atoms with Crippen LogP contribution < -0.4 is 14.9 Å². The zero-order chi connectivity index (χ0) is 30.3. The van der Waals surface area contributed by atoms with Crippen LogP contribution in [0.5, 0.6) is 11.5 Å². The van der Waals surface area contributed by atoms with Crippen LogP contribution in [0.1, 0.15) is 38.8 Å². The highest BCUT2D eigenvalue weighted by atomic mass is 19.1. The zero-order valence-corrected chi connectivity index (χ0v) is 23.3. The lowest BCUT2D eigenvalue weighted by Crippen LogP contribution is -2.17. The van der Waals surface area contributed by atoms with Crippen molar-refractivity contribution in [2.45, 2.75) is 27.1 Å². The van der Waals surface area contributed by atoms with Crippen LogP contribution >= 0.6 is 0 Å². The van der Waals surface area contributed by atoms with Gasteiger partial charge in [-0.25, -0.2) is 9.82 Å². The molecule has 0 fully saturated rings. The summed E-state index contributed by atoms with van der Waals surface area (Å²) in [5, 5.41) is 15.2. The summed E-state index contributed by atoms with van der Waals surface area (Å²) in [6.07, 6.45) is 1.20. The number of nitrogens with zero attached hydrogens (tertiary/aromatic N) is 3. The Labute approximate surface area is 246 Å². The highest BCUT2D eigenvalue weighted by Gasteiger charge is 2.14. The lowest BCUT2D eigenvalue weighted by atomic mass is 10.2. The molecule has 2 aromatic heterocycles. The van der Waals surface area contributed by atoms with E-state index in [2.05, 4.69) is 27.2 Å². The van der Waals surface area contributed by atoms with Gasteiger partial charge in [0.15, 0.2) is 5.76 Å². The molecule has 0 unspecified atom stereocenters. The number of ether oxygens (including phenoxy) is 2. The van der Waals surface area contributed by atoms with Crippen LogP contribution in [-0.2, 0) is 13.2 Å². The van der Waals surface area contributed by atoms with E-state index in [1.54, 1.807) is 24.3 Å². The molecule has 0 bridgehead atoms. The van der Waals surface area contributed by atoms with E-state index in [0.717, 1.165) is 17.1 Å². The number of amides is 1. The number of non-ortho nitro benzene ring substituents is 1. The second-order valence-corrected chi connectivity index (χ2v) is 9.56. The second-order valence-electron chi connectivity index (χ2n) is 9.56. The van der Waals surface area contributed by atoms with Crippen molar-refractivity contribution in [2.24, 2.45) is 5.10 Å². The minimum absolute atomic E-state index is 0.000255. The minimum atomic E-state index is -0.636. The van der Waals surface area contributed by atoms with Gasteiger partial charge in [0.1, 0.15) is 36.3 Å². The number of rotatable bonds is 11. The third-order valence-electron chi connectivity index (χ3n) is 6.55. The Morgan fingerprint density at radius 2 is 1.72 bits per heavy atom. The number of carbonyl (C=O) groups is 1. The summed E-state index contributed by atoms with van der Waals surface area (Å²) >= 11 is 0. The molecule has 0 aliphatic rings. The Kier molecular flexibility index (Phi) is 8.61. The van der Waals surface area contributed by atoms with Gasteiger partial charge in [-0.05, 0) is 74.5 Å². The quantitative estimate of drug-likeness (QED) is 0.106. The maximum atomic E-state index is 14.0. The van der Waals surface area contributed by atoms with Gasteiger partial charge >= 0.3 is 5.91 Å². The Hall–Kier alpha value is -5.71. The fourth-order valence-electron chi connectivity index (χ4n) is 4.37. The molecule has 1 amide bonds. The molecule has 0 aliphatic carbocycles. The smallest absolute Gasteiger partial charge is 0.307 e. The lowest BCUT2D eigenvalue weighted by Gasteiger charge is -2.10. The maximum absolute atomic E-state index is 14.0. The summed E-state index contributed by atoms with van der Waals surface area (Å²) < 4.78 is 33.2. The molecule has 5 rings (SSSR count). The van der Waals surface area contributed by atoms with E-state index >= 15 is 0 Å². The maximum Gasteiger partial charge on any atom is 0.307 e. The van der Waals surface area contributed by atoms with E-state index < -0.39 is 16.6 Å². The number of aryl methyl sites for hydroxylation is 2. The largest absolute Gasteiger partial charge is 0.488 e.